The van der Waals surface area contributed by atoms with Crippen molar-refractivity contribution in [1.29, 1.82) is 0 Å². The summed E-state index contributed by atoms with van der Waals surface area (Å²) >= 11 is 0. The van der Waals surface area contributed by atoms with Crippen molar-refractivity contribution in [3.05, 3.63) is 0 Å². The second kappa shape index (κ2) is 7.34. The molecule has 0 radical (unpaired) electrons. The van der Waals surface area contributed by atoms with E-state index in [1.54, 1.807) is 6.92 Å². The molecule has 0 spiro atoms. The van der Waals surface area contributed by atoms with Gasteiger partial charge in [0.15, 0.2) is 0 Å². The van der Waals surface area contributed by atoms with Gasteiger partial charge in [0.05, 0.1) is 5.92 Å². The minimum Gasteiger partial charge on any atom is -0.481 e. The topological polar surface area (TPSA) is 37.3 Å². The average Bonchev–Trinajstić information content (AvgIpc) is 1.82. The molecule has 2 nitrogen and oxygen atoms in total. The Kier molecular flexibility index (Phi) is 9.45. The van der Waals surface area contributed by atoms with Crippen LogP contribution in [0.3, 0.4) is 0 Å². The fraction of sp³-hybridized carbons (Fsp3) is 0.857. The second-order valence-electron chi connectivity index (χ2n) is 2.38. The normalized spacial score (nSPS) is 11.8. The van der Waals surface area contributed by atoms with Crippen LogP contribution in [0.4, 0.5) is 0 Å². The van der Waals surface area contributed by atoms with E-state index < -0.39 is 5.97 Å². The predicted molar refractivity (Wildman–Crippen MR) is 44.9 cm³/mol. The van der Waals surface area contributed by atoms with Gasteiger partial charge in [-0.25, -0.2) is 0 Å². The molecule has 0 heterocycles. The van der Waals surface area contributed by atoms with Crippen LogP contribution in [0.2, 0.25) is 0 Å². The summed E-state index contributed by atoms with van der Waals surface area (Å²) in [7, 11) is 0. The SMILES string of the molecule is CCCCC(C)C(=O)O.[MgH2]. The lowest BCUT2D eigenvalue weighted by molar-refractivity contribution is -0.141. The monoisotopic (exact) mass is 156 g/mol. The molecule has 0 aromatic rings. The minimum atomic E-state index is -0.677. The van der Waals surface area contributed by atoms with Gasteiger partial charge >= 0.3 is 29.0 Å². The van der Waals surface area contributed by atoms with Crippen LogP contribution in [0.5, 0.6) is 0 Å². The molecule has 0 aliphatic rings. The Morgan fingerprint density at radius 1 is 1.60 bits per heavy atom. The highest BCUT2D eigenvalue weighted by Gasteiger charge is 2.08. The van der Waals surface area contributed by atoms with E-state index in [9.17, 15) is 4.79 Å². The maximum atomic E-state index is 10.2. The fourth-order valence-electron chi connectivity index (χ4n) is 0.634. The molecule has 0 bridgehead atoms. The molecule has 1 atom stereocenters. The lowest BCUT2D eigenvalue weighted by Gasteiger charge is -2.02. The third-order valence-electron chi connectivity index (χ3n) is 1.41. The first-order valence-electron chi connectivity index (χ1n) is 3.41. The Bertz CT molecular complexity index is 93.6. The Morgan fingerprint density at radius 3 is 2.40 bits per heavy atom. The molecule has 0 aliphatic heterocycles. The molecular formula is C7H16MgO2. The van der Waals surface area contributed by atoms with Crippen molar-refractivity contribution in [2.45, 2.75) is 33.1 Å². The van der Waals surface area contributed by atoms with Gasteiger partial charge in [0.1, 0.15) is 0 Å². The van der Waals surface area contributed by atoms with Gasteiger partial charge in [-0.15, -0.1) is 0 Å². The van der Waals surface area contributed by atoms with Gasteiger partial charge in [-0.3, -0.25) is 4.79 Å². The first-order valence-corrected chi connectivity index (χ1v) is 3.41. The summed E-state index contributed by atoms with van der Waals surface area (Å²) in [6.07, 6.45) is 2.91. The van der Waals surface area contributed by atoms with Crippen LogP contribution in [0.15, 0.2) is 0 Å². The molecule has 3 heteroatoms. The van der Waals surface area contributed by atoms with Crippen LogP contribution >= 0.6 is 0 Å². The number of carboxylic acid groups (broad SMARTS) is 1. The maximum Gasteiger partial charge on any atom is 0.316 e. The van der Waals surface area contributed by atoms with Crippen LogP contribution in [-0.2, 0) is 4.79 Å². The van der Waals surface area contributed by atoms with E-state index in [-0.39, 0.29) is 29.0 Å². The minimum absolute atomic E-state index is 0. The number of hydrogen-bond acceptors (Lipinski definition) is 1. The highest BCUT2D eigenvalue weighted by molar-refractivity contribution is 5.75. The smallest absolute Gasteiger partial charge is 0.316 e. The van der Waals surface area contributed by atoms with Gasteiger partial charge in [-0.1, -0.05) is 26.7 Å². The van der Waals surface area contributed by atoms with Crippen molar-refractivity contribution in [2.75, 3.05) is 0 Å². The van der Waals surface area contributed by atoms with Crippen molar-refractivity contribution < 1.29 is 9.90 Å². The van der Waals surface area contributed by atoms with Crippen molar-refractivity contribution in [3.63, 3.8) is 0 Å². The Hall–Kier alpha value is 0.236. The summed E-state index contributed by atoms with van der Waals surface area (Å²) < 4.78 is 0. The average molecular weight is 157 g/mol. The van der Waals surface area contributed by atoms with E-state index in [2.05, 4.69) is 6.92 Å². The standard InChI is InChI=1S/C7H14O2.Mg.2H/c1-3-4-5-6(2)7(8)9;;;/h6H,3-5H2,1-2H3,(H,8,9);;;. The van der Waals surface area contributed by atoms with Crippen molar-refractivity contribution in [2.24, 2.45) is 5.92 Å². The lowest BCUT2D eigenvalue weighted by Crippen LogP contribution is -2.08. The summed E-state index contributed by atoms with van der Waals surface area (Å²) in [5.41, 5.74) is 0. The van der Waals surface area contributed by atoms with Crippen LogP contribution in [0.1, 0.15) is 33.1 Å². The summed E-state index contributed by atoms with van der Waals surface area (Å²) in [5, 5.41) is 8.41. The van der Waals surface area contributed by atoms with Crippen LogP contribution in [0, 0.1) is 5.92 Å². The van der Waals surface area contributed by atoms with Crippen molar-refractivity contribution in [1.82, 2.24) is 0 Å². The number of carboxylic acids is 1. The molecule has 0 saturated carbocycles. The van der Waals surface area contributed by atoms with Gasteiger partial charge in [0.25, 0.3) is 0 Å². The third-order valence-corrected chi connectivity index (χ3v) is 1.41. The molecule has 58 valence electrons. The first-order chi connectivity index (χ1) is 4.18. The van der Waals surface area contributed by atoms with Gasteiger partial charge in [-0.2, -0.15) is 0 Å². The molecule has 10 heavy (non-hydrogen) atoms. The van der Waals surface area contributed by atoms with Crippen molar-refractivity contribution in [3.8, 4) is 0 Å². The fourth-order valence-corrected chi connectivity index (χ4v) is 0.634. The first kappa shape index (κ1) is 12.9. The zero-order valence-electron chi connectivity index (χ0n) is 6.05. The predicted octanol–water partition coefficient (Wildman–Crippen LogP) is 0.981. The van der Waals surface area contributed by atoms with Crippen molar-refractivity contribution >= 4 is 29.0 Å². The zero-order valence-corrected chi connectivity index (χ0v) is 6.05. The number of unbranched alkanes of at least 4 members (excludes halogenated alkanes) is 1. The molecule has 0 saturated heterocycles. The van der Waals surface area contributed by atoms with Crippen LogP contribution < -0.4 is 0 Å². The number of aliphatic carboxylic acids is 1. The van der Waals surface area contributed by atoms with Gasteiger partial charge < -0.3 is 5.11 Å². The molecule has 1 unspecified atom stereocenters. The highest BCUT2D eigenvalue weighted by atomic mass is 24.3. The van der Waals surface area contributed by atoms with Gasteiger partial charge in [0.2, 0.25) is 0 Å². The Labute approximate surface area is 78.2 Å². The number of carbonyl (C=O) groups is 1. The lowest BCUT2D eigenvalue weighted by atomic mass is 10.1. The summed E-state index contributed by atoms with van der Waals surface area (Å²) in [4.78, 5) is 10.2. The van der Waals surface area contributed by atoms with E-state index in [4.69, 9.17) is 5.11 Å². The summed E-state index contributed by atoms with van der Waals surface area (Å²) in [6, 6.07) is 0. The van der Waals surface area contributed by atoms with Gasteiger partial charge in [-0.05, 0) is 6.42 Å². The van der Waals surface area contributed by atoms with Crippen LogP contribution in [-0.4, -0.2) is 34.1 Å². The Balaban J connectivity index is 0. The van der Waals surface area contributed by atoms with Crippen LogP contribution in [0.25, 0.3) is 0 Å². The Morgan fingerprint density at radius 2 is 2.10 bits per heavy atom. The molecule has 0 aromatic heterocycles. The van der Waals surface area contributed by atoms with E-state index in [0.29, 0.717) is 0 Å². The van der Waals surface area contributed by atoms with E-state index in [1.165, 1.54) is 0 Å². The zero-order chi connectivity index (χ0) is 7.28. The molecular weight excluding hydrogens is 140 g/mol. The summed E-state index contributed by atoms with van der Waals surface area (Å²) in [6.45, 7) is 3.81. The molecule has 0 rings (SSSR count). The summed E-state index contributed by atoms with van der Waals surface area (Å²) in [5.74, 6) is -0.839. The molecule has 0 aliphatic carbocycles. The third kappa shape index (κ3) is 6.36. The quantitative estimate of drug-likeness (QED) is 0.616. The van der Waals surface area contributed by atoms with E-state index in [0.717, 1.165) is 19.3 Å². The molecule has 0 aromatic carbocycles. The number of rotatable bonds is 4. The number of hydrogen-bond donors (Lipinski definition) is 1. The largest absolute Gasteiger partial charge is 0.481 e. The van der Waals surface area contributed by atoms with E-state index in [1.807, 2.05) is 0 Å². The second-order valence-corrected chi connectivity index (χ2v) is 2.38. The van der Waals surface area contributed by atoms with E-state index >= 15 is 0 Å². The molecule has 0 fully saturated rings. The van der Waals surface area contributed by atoms with Gasteiger partial charge in [0, 0.05) is 0 Å². The maximum absolute atomic E-state index is 10.2. The molecule has 1 N–H and O–H groups in total. The molecule has 0 amide bonds. The highest BCUT2D eigenvalue weighted by Crippen LogP contribution is 2.06.